The highest BCUT2D eigenvalue weighted by molar-refractivity contribution is 5.95. The van der Waals surface area contributed by atoms with Crippen LogP contribution in [0, 0.1) is 0 Å². The van der Waals surface area contributed by atoms with Gasteiger partial charge in [-0.15, -0.1) is 0 Å². The number of ether oxygens (including phenoxy) is 1. The molecule has 2 aromatic rings. The van der Waals surface area contributed by atoms with Crippen LogP contribution in [0.25, 0.3) is 0 Å². The first-order valence-electron chi connectivity index (χ1n) is 9.31. The molecule has 4 N–H and O–H groups in total. The van der Waals surface area contributed by atoms with Crippen LogP contribution in [0.15, 0.2) is 48.5 Å². The number of rotatable bonds is 9. The molecule has 1 atom stereocenters. The first-order valence-corrected chi connectivity index (χ1v) is 9.31. The zero-order chi connectivity index (χ0) is 20.5. The molecule has 0 spiro atoms. The van der Waals surface area contributed by atoms with Gasteiger partial charge < -0.3 is 21.1 Å². The average molecular weight is 384 g/mol. The van der Waals surface area contributed by atoms with E-state index in [4.69, 9.17) is 10.5 Å². The number of urea groups is 1. The van der Waals surface area contributed by atoms with Crippen LogP contribution in [0.4, 0.5) is 10.5 Å². The Labute approximate surface area is 165 Å². The number of nitrogens with two attached hydrogens (primary N) is 1. The Hall–Kier alpha value is -3.06. The van der Waals surface area contributed by atoms with Gasteiger partial charge in [0, 0.05) is 17.8 Å². The second-order valence-corrected chi connectivity index (χ2v) is 6.29. The molecule has 0 aliphatic carbocycles. The lowest BCUT2D eigenvalue weighted by atomic mass is 10.0. The summed E-state index contributed by atoms with van der Waals surface area (Å²) in [6, 6.07) is 13.9. The first-order chi connectivity index (χ1) is 13.5. The van der Waals surface area contributed by atoms with Gasteiger partial charge in [0.1, 0.15) is 5.75 Å². The van der Waals surface area contributed by atoms with Crippen molar-refractivity contribution in [3.05, 3.63) is 59.7 Å². The monoisotopic (exact) mass is 384 g/mol. The minimum atomic E-state index is -0.641. The molecule has 0 heterocycles. The number of likely N-dealkylation sites (N-methyl/N-ethyl adjacent to an activating group) is 1. The lowest BCUT2D eigenvalue weighted by molar-refractivity contribution is 0.0935. The molecule has 0 saturated carbocycles. The number of hydrogen-bond donors (Lipinski definition) is 3. The van der Waals surface area contributed by atoms with Gasteiger partial charge in [0.05, 0.1) is 13.2 Å². The number of carbonyl (C=O) groups excluding carboxylic acids is 2. The third-order valence-corrected chi connectivity index (χ3v) is 4.60. The zero-order valence-corrected chi connectivity index (χ0v) is 16.6. The van der Waals surface area contributed by atoms with Crippen molar-refractivity contribution in [2.24, 2.45) is 5.73 Å². The molecule has 1 unspecified atom stereocenters. The maximum atomic E-state index is 12.6. The van der Waals surface area contributed by atoms with Crippen molar-refractivity contribution >= 4 is 17.6 Å². The number of amides is 3. The van der Waals surface area contributed by atoms with Gasteiger partial charge in [-0.3, -0.25) is 9.69 Å². The van der Waals surface area contributed by atoms with Gasteiger partial charge in [-0.05, 0) is 55.1 Å². The van der Waals surface area contributed by atoms with E-state index in [-0.39, 0.29) is 11.9 Å². The lowest BCUT2D eigenvalue weighted by Gasteiger charge is -2.30. The molecule has 2 rings (SSSR count). The Morgan fingerprint density at radius 3 is 2.36 bits per heavy atom. The summed E-state index contributed by atoms with van der Waals surface area (Å²) in [6.45, 7) is 6.39. The number of nitrogens with one attached hydrogen (secondary N) is 2. The normalized spacial score (nSPS) is 11.7. The number of benzene rings is 2. The van der Waals surface area contributed by atoms with Gasteiger partial charge in [-0.1, -0.05) is 26.0 Å². The highest BCUT2D eigenvalue weighted by Crippen LogP contribution is 2.24. The molecule has 0 aliphatic heterocycles. The van der Waals surface area contributed by atoms with Crippen molar-refractivity contribution in [2.45, 2.75) is 19.9 Å². The van der Waals surface area contributed by atoms with Gasteiger partial charge in [-0.2, -0.15) is 0 Å². The first kappa shape index (κ1) is 21.2. The molecule has 0 bridgehead atoms. The number of primary amides is 1. The van der Waals surface area contributed by atoms with E-state index < -0.39 is 6.03 Å². The third-order valence-electron chi connectivity index (χ3n) is 4.60. The minimum absolute atomic E-state index is 0.0323. The van der Waals surface area contributed by atoms with Crippen LogP contribution in [0.5, 0.6) is 5.75 Å². The van der Waals surface area contributed by atoms with Crippen LogP contribution in [-0.4, -0.2) is 43.6 Å². The van der Waals surface area contributed by atoms with Crippen molar-refractivity contribution in [1.29, 1.82) is 0 Å². The van der Waals surface area contributed by atoms with Crippen LogP contribution in [0.1, 0.15) is 35.8 Å². The summed E-state index contributed by atoms with van der Waals surface area (Å²) in [7, 11) is 1.64. The molecular formula is C21H28N4O3. The molecule has 7 nitrogen and oxygen atoms in total. The van der Waals surface area contributed by atoms with Crippen LogP contribution in [-0.2, 0) is 0 Å². The zero-order valence-electron chi connectivity index (χ0n) is 16.6. The molecule has 3 amide bonds. The summed E-state index contributed by atoms with van der Waals surface area (Å²) >= 11 is 0. The summed E-state index contributed by atoms with van der Waals surface area (Å²) in [5.74, 6) is 0.615. The van der Waals surface area contributed by atoms with Crippen molar-refractivity contribution in [3.8, 4) is 5.75 Å². The van der Waals surface area contributed by atoms with Gasteiger partial charge in [0.15, 0.2) is 0 Å². The Kier molecular flexibility index (Phi) is 7.83. The topological polar surface area (TPSA) is 96.7 Å². The van der Waals surface area contributed by atoms with E-state index in [2.05, 4.69) is 29.4 Å². The predicted octanol–water partition coefficient (Wildman–Crippen LogP) is 3.00. The van der Waals surface area contributed by atoms with Crippen molar-refractivity contribution < 1.29 is 14.3 Å². The Morgan fingerprint density at radius 1 is 1.11 bits per heavy atom. The summed E-state index contributed by atoms with van der Waals surface area (Å²) < 4.78 is 5.34. The van der Waals surface area contributed by atoms with Crippen LogP contribution < -0.4 is 21.1 Å². The van der Waals surface area contributed by atoms with Crippen LogP contribution in [0.3, 0.4) is 0 Å². The highest BCUT2D eigenvalue weighted by atomic mass is 16.5. The fourth-order valence-electron chi connectivity index (χ4n) is 3.11. The Bertz CT molecular complexity index is 788. The van der Waals surface area contributed by atoms with E-state index in [0.717, 1.165) is 24.4 Å². The second kappa shape index (κ2) is 10.3. The van der Waals surface area contributed by atoms with Gasteiger partial charge in [-0.25, -0.2) is 4.79 Å². The summed E-state index contributed by atoms with van der Waals surface area (Å²) in [5.41, 5.74) is 7.23. The Morgan fingerprint density at radius 2 is 1.79 bits per heavy atom. The molecule has 7 heteroatoms. The van der Waals surface area contributed by atoms with Crippen molar-refractivity contribution in [2.75, 3.05) is 32.1 Å². The molecule has 150 valence electrons. The molecule has 0 radical (unpaired) electrons. The fourth-order valence-corrected chi connectivity index (χ4v) is 3.11. The molecule has 0 fully saturated rings. The maximum absolute atomic E-state index is 12.6. The summed E-state index contributed by atoms with van der Waals surface area (Å²) in [5, 5.41) is 5.48. The minimum Gasteiger partial charge on any atom is -0.497 e. The van der Waals surface area contributed by atoms with E-state index >= 15 is 0 Å². The second-order valence-electron chi connectivity index (χ2n) is 6.29. The number of nitrogens with zero attached hydrogens (tertiary/aromatic N) is 1. The molecule has 0 saturated heterocycles. The summed E-state index contributed by atoms with van der Waals surface area (Å²) in [4.78, 5) is 25.7. The molecule has 28 heavy (non-hydrogen) atoms. The highest BCUT2D eigenvalue weighted by Gasteiger charge is 2.20. The van der Waals surface area contributed by atoms with E-state index in [1.807, 2.05) is 24.3 Å². The SMILES string of the molecule is CCN(CC)C(CNC(=O)c1ccc(NC(N)=O)cc1)c1cccc(OC)c1. The molecule has 0 aliphatic rings. The van der Waals surface area contributed by atoms with E-state index in [0.29, 0.717) is 17.8 Å². The smallest absolute Gasteiger partial charge is 0.316 e. The molecule has 2 aromatic carbocycles. The lowest BCUT2D eigenvalue weighted by Crippen LogP contribution is -2.38. The quantitative estimate of drug-likeness (QED) is 0.619. The van der Waals surface area contributed by atoms with Crippen LogP contribution in [0.2, 0.25) is 0 Å². The molecule has 0 aromatic heterocycles. The Balaban J connectivity index is 2.11. The standard InChI is InChI=1S/C21H28N4O3/c1-4-25(5-2)19(16-7-6-8-18(13-16)28-3)14-23-20(26)15-9-11-17(12-10-15)24-21(22)27/h6-13,19H,4-5,14H2,1-3H3,(H,23,26)(H3,22,24,27). The third kappa shape index (κ3) is 5.72. The predicted molar refractivity (Wildman–Crippen MR) is 111 cm³/mol. The fraction of sp³-hybridized carbons (Fsp3) is 0.333. The van der Waals surface area contributed by atoms with E-state index in [1.165, 1.54) is 0 Å². The van der Waals surface area contributed by atoms with Crippen LogP contribution >= 0.6 is 0 Å². The van der Waals surface area contributed by atoms with Gasteiger partial charge in [0.25, 0.3) is 5.91 Å². The van der Waals surface area contributed by atoms with Crippen molar-refractivity contribution in [3.63, 3.8) is 0 Å². The maximum Gasteiger partial charge on any atom is 0.316 e. The van der Waals surface area contributed by atoms with Gasteiger partial charge >= 0.3 is 6.03 Å². The van der Waals surface area contributed by atoms with Gasteiger partial charge in [0.2, 0.25) is 0 Å². The summed E-state index contributed by atoms with van der Waals surface area (Å²) in [6.07, 6.45) is 0. The van der Waals surface area contributed by atoms with E-state index in [1.54, 1.807) is 31.4 Å². The number of hydrogen-bond acceptors (Lipinski definition) is 4. The number of carbonyl (C=O) groups is 2. The largest absolute Gasteiger partial charge is 0.497 e. The van der Waals surface area contributed by atoms with E-state index in [9.17, 15) is 9.59 Å². The van der Waals surface area contributed by atoms with Crippen molar-refractivity contribution in [1.82, 2.24) is 10.2 Å². The molecular weight excluding hydrogens is 356 g/mol. The number of methoxy groups -OCH3 is 1. The average Bonchev–Trinajstić information content (AvgIpc) is 2.71. The number of anilines is 1.